The summed E-state index contributed by atoms with van der Waals surface area (Å²) >= 11 is 1.66. The molecule has 128 valence electrons. The Kier molecular flexibility index (Phi) is 4.60. The Morgan fingerprint density at radius 2 is 2.08 bits per heavy atom. The summed E-state index contributed by atoms with van der Waals surface area (Å²) in [4.78, 5) is 3.60. The van der Waals surface area contributed by atoms with Gasteiger partial charge >= 0.3 is 0 Å². The van der Waals surface area contributed by atoms with Crippen LogP contribution in [-0.2, 0) is 0 Å². The molecule has 2 aliphatic rings. The van der Waals surface area contributed by atoms with Crippen LogP contribution in [0.15, 0.2) is 59.1 Å². The number of thioether (sulfide) groups is 1. The molecule has 0 aliphatic carbocycles. The normalized spacial score (nSPS) is 17.3. The first-order valence-electron chi connectivity index (χ1n) is 8.19. The number of nitrogens with one attached hydrogen (secondary N) is 1. The molecule has 2 aliphatic heterocycles. The molecule has 2 heterocycles. The fraction of sp³-hybridized carbons (Fsp3) is 0.150. The van der Waals surface area contributed by atoms with Crippen molar-refractivity contribution in [2.24, 2.45) is 0 Å². The number of hydrogen-bond acceptors (Lipinski definition) is 4. The molecule has 2 aromatic rings. The number of rotatable bonds is 2. The van der Waals surface area contributed by atoms with E-state index in [9.17, 15) is 5.11 Å². The van der Waals surface area contributed by atoms with Crippen LogP contribution >= 0.6 is 32.8 Å². The monoisotopic (exact) mass is 462 g/mol. The van der Waals surface area contributed by atoms with Gasteiger partial charge in [0.25, 0.3) is 0 Å². The number of phenols is 1. The summed E-state index contributed by atoms with van der Waals surface area (Å²) in [5.74, 6) is 0.311. The van der Waals surface area contributed by atoms with Crippen LogP contribution < -0.4 is 8.43 Å². The van der Waals surface area contributed by atoms with Crippen molar-refractivity contribution in [3.05, 3.63) is 65.4 Å². The fourth-order valence-electron chi connectivity index (χ4n) is 3.01. The van der Waals surface area contributed by atoms with Crippen molar-refractivity contribution in [2.45, 2.75) is 18.7 Å². The number of nitrogens with zero attached hydrogens (tertiary/aromatic N) is 1. The summed E-state index contributed by atoms with van der Waals surface area (Å²) in [6, 6.07) is 12.2. The summed E-state index contributed by atoms with van der Waals surface area (Å²) in [6.45, 7) is 5.19. The minimum atomic E-state index is -0.226. The molecule has 0 bridgehead atoms. The van der Waals surface area contributed by atoms with E-state index in [-0.39, 0.29) is 21.0 Å². The lowest BCUT2D eigenvalue weighted by Crippen LogP contribution is -2.24. The lowest BCUT2D eigenvalue weighted by Gasteiger charge is -2.30. The lowest BCUT2D eigenvalue weighted by atomic mass is 10.1. The van der Waals surface area contributed by atoms with Crippen molar-refractivity contribution in [1.29, 1.82) is 0 Å². The number of halogens is 1. The molecule has 0 saturated heterocycles. The number of benzene rings is 2. The van der Waals surface area contributed by atoms with Crippen molar-refractivity contribution in [2.75, 3.05) is 15.0 Å². The Morgan fingerprint density at radius 1 is 1.20 bits per heavy atom. The van der Waals surface area contributed by atoms with Crippen molar-refractivity contribution < 1.29 is 5.11 Å². The summed E-state index contributed by atoms with van der Waals surface area (Å²) in [5, 5.41) is 9.71. The highest BCUT2D eigenvalue weighted by molar-refractivity contribution is 14.2. The Bertz CT molecular complexity index is 933. The van der Waals surface area contributed by atoms with Crippen LogP contribution in [0.25, 0.3) is 6.08 Å². The average Bonchev–Trinajstić information content (AvgIpc) is 2.61. The molecular formula is C20H19IN2OS. The third-order valence-corrected chi connectivity index (χ3v) is 7.97. The maximum absolute atomic E-state index is 9.71. The van der Waals surface area contributed by atoms with E-state index in [0.717, 1.165) is 17.8 Å². The minimum Gasteiger partial charge on any atom is -0.508 e. The quantitative estimate of drug-likeness (QED) is 0.445. The van der Waals surface area contributed by atoms with Gasteiger partial charge in [0, 0.05) is 49.4 Å². The zero-order valence-electron chi connectivity index (χ0n) is 14.1. The van der Waals surface area contributed by atoms with Crippen LogP contribution in [0.3, 0.4) is 0 Å². The molecule has 0 atom stereocenters. The van der Waals surface area contributed by atoms with E-state index in [2.05, 4.69) is 58.7 Å². The second kappa shape index (κ2) is 6.88. The number of hydrogen-bond donors (Lipinski definition) is 2. The van der Waals surface area contributed by atoms with E-state index >= 15 is 0 Å². The predicted molar refractivity (Wildman–Crippen MR) is 118 cm³/mol. The first kappa shape index (κ1) is 16.7. The highest BCUT2D eigenvalue weighted by Gasteiger charge is 2.18. The van der Waals surface area contributed by atoms with Gasteiger partial charge in [0.2, 0.25) is 0 Å². The van der Waals surface area contributed by atoms with Gasteiger partial charge in [0.15, 0.2) is 0 Å². The Morgan fingerprint density at radius 3 is 2.92 bits per heavy atom. The molecule has 2 N–H and O–H groups in total. The summed E-state index contributed by atoms with van der Waals surface area (Å²) in [6.07, 6.45) is 6.54. The molecule has 0 saturated carbocycles. The van der Waals surface area contributed by atoms with Crippen LogP contribution in [0.4, 0.5) is 11.4 Å². The number of phenolic OH excluding ortho intramolecular Hbond substituents is 1. The van der Waals surface area contributed by atoms with Crippen LogP contribution in [0.5, 0.6) is 5.75 Å². The molecule has 0 radical (unpaired) electrons. The van der Waals surface area contributed by atoms with Crippen LogP contribution in [0.2, 0.25) is 0 Å². The topological polar surface area (TPSA) is 35.5 Å². The summed E-state index contributed by atoms with van der Waals surface area (Å²) in [5.41, 5.74) is 5.99. The van der Waals surface area contributed by atoms with E-state index in [0.29, 0.717) is 5.75 Å². The second-order valence-electron chi connectivity index (χ2n) is 5.98. The zero-order valence-corrected chi connectivity index (χ0v) is 17.1. The average molecular weight is 462 g/mol. The van der Waals surface area contributed by atoms with Crippen molar-refractivity contribution in [3.63, 3.8) is 0 Å². The Balaban J connectivity index is 1.65. The van der Waals surface area contributed by atoms with Gasteiger partial charge in [-0.1, -0.05) is 23.9 Å². The molecule has 0 spiro atoms. The molecule has 0 fully saturated rings. The van der Waals surface area contributed by atoms with Gasteiger partial charge in [0.1, 0.15) is 5.75 Å². The largest absolute Gasteiger partial charge is 0.508 e. The number of likely N-dealkylation sites (N-methyl/N-ethyl adjacent to an activating group) is 1. The molecular weight excluding hydrogens is 443 g/mol. The maximum Gasteiger partial charge on any atom is 0.116 e. The number of anilines is 2. The molecule has 5 heteroatoms. The van der Waals surface area contributed by atoms with Gasteiger partial charge in [-0.3, -0.25) is 0 Å². The smallest absolute Gasteiger partial charge is 0.116 e. The van der Waals surface area contributed by atoms with E-state index in [1.54, 1.807) is 6.07 Å². The Hall–Kier alpha value is -1.73. The van der Waals surface area contributed by atoms with E-state index < -0.39 is 0 Å². The second-order valence-corrected chi connectivity index (χ2v) is 10.0. The van der Waals surface area contributed by atoms with Gasteiger partial charge in [-0.25, -0.2) is 0 Å². The number of fused-ring (bicyclic) bond motifs is 2. The van der Waals surface area contributed by atoms with E-state index in [4.69, 9.17) is 0 Å². The van der Waals surface area contributed by atoms with Gasteiger partial charge < -0.3 is 13.5 Å². The third kappa shape index (κ3) is 3.35. The maximum atomic E-state index is 9.71. The third-order valence-electron chi connectivity index (χ3n) is 4.21. The van der Waals surface area contributed by atoms with Crippen molar-refractivity contribution >= 4 is 53.1 Å². The summed E-state index contributed by atoms with van der Waals surface area (Å²) < 4.78 is 5.05. The molecule has 3 nitrogen and oxygen atoms in total. The molecule has 4 rings (SSSR count). The minimum absolute atomic E-state index is 0.226. The molecule has 0 aromatic heterocycles. The Labute approximate surface area is 162 Å². The molecule has 2 aromatic carbocycles. The van der Waals surface area contributed by atoms with E-state index in [1.807, 2.05) is 23.9 Å². The van der Waals surface area contributed by atoms with Crippen molar-refractivity contribution in [1.82, 2.24) is 0 Å². The first-order chi connectivity index (χ1) is 12.1. The van der Waals surface area contributed by atoms with Gasteiger partial charge in [-0.15, -0.1) is 0 Å². The van der Waals surface area contributed by atoms with Gasteiger partial charge in [-0.2, -0.15) is 0 Å². The molecule has 25 heavy (non-hydrogen) atoms. The SMILES string of the molecule is CCN1/C(=C/C2=INc3cc(C)ccc3S2)C=Cc2cc(O)ccc21. The van der Waals surface area contributed by atoms with E-state index in [1.165, 1.54) is 24.7 Å². The van der Waals surface area contributed by atoms with Gasteiger partial charge in [0.05, 0.1) is 8.53 Å². The molecule has 0 unspecified atom stereocenters. The highest BCUT2D eigenvalue weighted by Crippen LogP contribution is 2.39. The zero-order chi connectivity index (χ0) is 17.4. The van der Waals surface area contributed by atoms with Gasteiger partial charge in [-0.05, 0) is 61.9 Å². The summed E-state index contributed by atoms with van der Waals surface area (Å²) in [7, 11) is 0. The number of aromatic hydroxyl groups is 1. The van der Waals surface area contributed by atoms with Crippen molar-refractivity contribution in [3.8, 4) is 5.75 Å². The highest BCUT2D eigenvalue weighted by atomic mass is 127. The molecule has 0 amide bonds. The predicted octanol–water partition coefficient (Wildman–Crippen LogP) is 5.67. The van der Waals surface area contributed by atoms with Crippen LogP contribution in [-0.4, -0.2) is 14.5 Å². The standard InChI is InChI=1S/C20H19IN2OS/c1-3-23-15(6-5-14-11-16(24)7-8-18(14)23)12-20-21-22-17-10-13(2)4-9-19(17)25-20/h4-12,22,24H,3H2,1-2H3/b15-12+. The number of allylic oxidation sites excluding steroid dienone is 1. The number of aryl methyl sites for hydroxylation is 1. The van der Waals surface area contributed by atoms with Crippen LogP contribution in [0, 0.1) is 6.92 Å². The van der Waals surface area contributed by atoms with Crippen LogP contribution in [0.1, 0.15) is 18.1 Å². The first-order valence-corrected chi connectivity index (χ1v) is 11.2. The fourth-order valence-corrected chi connectivity index (χ4v) is 6.75. The lowest BCUT2D eigenvalue weighted by molar-refractivity contribution is 0.475.